The zero-order valence-corrected chi connectivity index (χ0v) is 20.9. The third-order valence-corrected chi connectivity index (χ3v) is 6.42. The van der Waals surface area contributed by atoms with E-state index >= 15 is 0 Å². The lowest BCUT2D eigenvalue weighted by Crippen LogP contribution is -2.08. The zero-order valence-electron chi connectivity index (χ0n) is 19.2. The molecule has 0 radical (unpaired) electrons. The summed E-state index contributed by atoms with van der Waals surface area (Å²) in [5.74, 6) is 0.591. The molecule has 0 atom stereocenters. The van der Waals surface area contributed by atoms with Crippen LogP contribution in [0.5, 0.6) is 11.5 Å². The van der Waals surface area contributed by atoms with Crippen molar-refractivity contribution in [2.75, 3.05) is 12.0 Å². The Labute approximate surface area is 219 Å². The molecule has 0 heterocycles. The van der Waals surface area contributed by atoms with Crippen molar-refractivity contribution < 1.29 is 39.1 Å². The third kappa shape index (κ3) is 7.09. The fourth-order valence-corrected chi connectivity index (χ4v) is 4.26. The van der Waals surface area contributed by atoms with Crippen LogP contribution in [0.15, 0.2) is 92.8 Å². The molecular formula is C24H21N3O8S2. The summed E-state index contributed by atoms with van der Waals surface area (Å²) in [6.45, 7) is 2.08. The minimum Gasteiger partial charge on any atom is -0.505 e. The van der Waals surface area contributed by atoms with E-state index in [-0.39, 0.29) is 18.2 Å². The highest BCUT2D eigenvalue weighted by Crippen LogP contribution is 2.44. The quantitative estimate of drug-likeness (QED) is 0.0461. The van der Waals surface area contributed by atoms with Crippen molar-refractivity contribution in [2.24, 2.45) is 10.2 Å². The van der Waals surface area contributed by atoms with E-state index in [1.54, 1.807) is 36.4 Å². The molecule has 37 heavy (non-hydrogen) atoms. The number of aryl methyl sites for hydroxylation is 1. The van der Waals surface area contributed by atoms with Gasteiger partial charge in [0, 0.05) is 16.0 Å². The van der Waals surface area contributed by atoms with Gasteiger partial charge in [-0.25, -0.2) is 10.5 Å². The summed E-state index contributed by atoms with van der Waals surface area (Å²) < 4.78 is 14.8. The van der Waals surface area contributed by atoms with Gasteiger partial charge in [-0.3, -0.25) is 0 Å². The first-order valence-electron chi connectivity index (χ1n) is 10.6. The van der Waals surface area contributed by atoms with Crippen LogP contribution in [-0.4, -0.2) is 22.4 Å². The van der Waals surface area contributed by atoms with Crippen LogP contribution in [0.25, 0.3) is 10.8 Å². The number of nitrogens with zero attached hydrogens (tertiary/aromatic N) is 2. The van der Waals surface area contributed by atoms with Crippen molar-refractivity contribution in [1.82, 2.24) is 0 Å². The molecule has 0 aromatic heterocycles. The van der Waals surface area contributed by atoms with E-state index in [0.29, 0.717) is 38.3 Å². The number of phenols is 1. The van der Waals surface area contributed by atoms with Crippen molar-refractivity contribution in [3.05, 3.63) is 78.4 Å². The smallest absolute Gasteiger partial charge is 0.159 e. The van der Waals surface area contributed by atoms with E-state index in [1.165, 1.54) is 0 Å². The van der Waals surface area contributed by atoms with Crippen LogP contribution in [0, 0.1) is 6.92 Å². The van der Waals surface area contributed by atoms with Crippen LogP contribution >= 0.6 is 24.1 Å². The number of anilines is 1. The van der Waals surface area contributed by atoms with E-state index < -0.39 is 0 Å². The third-order valence-electron chi connectivity index (χ3n) is 5.05. The number of azo groups is 1. The first-order valence-corrected chi connectivity index (χ1v) is 12.1. The number of nitrogens with one attached hydrogen (secondary N) is 1. The van der Waals surface area contributed by atoms with Crippen molar-refractivity contribution in [3.63, 3.8) is 0 Å². The number of rotatable bonds is 12. The topological polar surface area (TPSA) is 144 Å². The predicted octanol–water partition coefficient (Wildman–Crippen LogP) is 7.57. The number of hydrogen-bond donors (Lipinski definition) is 4. The number of aromatic hydroxyl groups is 1. The van der Waals surface area contributed by atoms with Crippen molar-refractivity contribution in [3.8, 4) is 11.5 Å². The van der Waals surface area contributed by atoms with Gasteiger partial charge in [-0.05, 0) is 66.4 Å². The highest BCUT2D eigenvalue weighted by molar-refractivity contribution is 7.95. The molecule has 0 aliphatic carbocycles. The second-order valence-corrected chi connectivity index (χ2v) is 8.87. The molecule has 4 aromatic carbocycles. The molecule has 192 valence electrons. The first-order chi connectivity index (χ1) is 18.1. The highest BCUT2D eigenvalue weighted by Gasteiger charge is 2.16. The second kappa shape index (κ2) is 13.2. The highest BCUT2D eigenvalue weighted by atomic mass is 32.2. The maximum atomic E-state index is 11.0. The molecule has 4 aromatic rings. The van der Waals surface area contributed by atoms with Gasteiger partial charge in [-0.15, -0.1) is 13.8 Å². The van der Waals surface area contributed by atoms with Crippen molar-refractivity contribution in [1.29, 1.82) is 0 Å². The van der Waals surface area contributed by atoms with Crippen molar-refractivity contribution >= 4 is 51.9 Å². The van der Waals surface area contributed by atoms with Gasteiger partial charge in [0.25, 0.3) is 0 Å². The Hall–Kier alpha value is -3.40. The van der Waals surface area contributed by atoms with Gasteiger partial charge in [0.1, 0.15) is 11.4 Å². The summed E-state index contributed by atoms with van der Waals surface area (Å²) in [7, 11) is 0. The molecule has 0 fully saturated rings. The number of ether oxygens (including phenoxy) is 1. The van der Waals surface area contributed by atoms with E-state index in [2.05, 4.69) is 34.3 Å². The van der Waals surface area contributed by atoms with Gasteiger partial charge >= 0.3 is 0 Å². The molecule has 0 saturated heterocycles. The largest absolute Gasteiger partial charge is 0.505 e. The number of benzene rings is 4. The van der Waals surface area contributed by atoms with Gasteiger partial charge < -0.3 is 15.2 Å². The number of phenolic OH excluding ortho intramolecular Hbond substituents is 1. The lowest BCUT2D eigenvalue weighted by Gasteiger charge is -2.12. The minimum absolute atomic E-state index is 0.104. The van der Waals surface area contributed by atoms with E-state index in [9.17, 15) is 5.11 Å². The Balaban J connectivity index is 1.60. The van der Waals surface area contributed by atoms with E-state index in [1.807, 2.05) is 43.3 Å². The summed E-state index contributed by atoms with van der Waals surface area (Å²) >= 11 is 1.45. The molecule has 0 unspecified atom stereocenters. The summed E-state index contributed by atoms with van der Waals surface area (Å²) in [6, 6.07) is 21.6. The maximum Gasteiger partial charge on any atom is 0.159 e. The lowest BCUT2D eigenvalue weighted by atomic mass is 10.1. The van der Waals surface area contributed by atoms with Gasteiger partial charge in [-0.2, -0.15) is 5.11 Å². The molecule has 0 spiro atoms. The molecule has 0 aliphatic heterocycles. The average Bonchev–Trinajstić information content (AvgIpc) is 2.92. The molecule has 4 N–H and O–H groups in total. The minimum atomic E-state index is -0.143. The first kappa shape index (κ1) is 26.7. The van der Waals surface area contributed by atoms with Crippen molar-refractivity contribution in [2.45, 2.75) is 16.7 Å². The van der Waals surface area contributed by atoms with Crippen LogP contribution in [0.4, 0.5) is 17.1 Å². The molecule has 0 amide bonds. The monoisotopic (exact) mass is 543 g/mol. The Morgan fingerprint density at radius 1 is 0.838 bits per heavy atom. The van der Waals surface area contributed by atoms with Gasteiger partial charge in [0.05, 0.1) is 34.7 Å². The normalized spacial score (nSPS) is 11.3. The van der Waals surface area contributed by atoms with Crippen LogP contribution < -0.4 is 10.1 Å². The molecule has 4 rings (SSSR count). The fraction of sp³-hybridized carbons (Fsp3) is 0.0833. The Morgan fingerprint density at radius 3 is 2.35 bits per heavy atom. The SMILES string of the molecule is Cc1ccc(N=Nc2c(SOOO)cc3cc(NCOc4ccccc4)ccc3c2O)cc1SOOO. The molecule has 0 saturated carbocycles. The summed E-state index contributed by atoms with van der Waals surface area (Å²) in [5, 5.41) is 48.2. The van der Waals surface area contributed by atoms with Gasteiger partial charge in [0.15, 0.2) is 12.5 Å². The van der Waals surface area contributed by atoms with Crippen LogP contribution in [0.2, 0.25) is 0 Å². The molecule has 0 bridgehead atoms. The Morgan fingerprint density at radius 2 is 1.59 bits per heavy atom. The standard InChI is InChI=1S/C24H21N3O8S2/c1-15-7-8-18(13-21(15)36-34-32-29)26-27-23-22(37-35-33-30)12-16-11-17(9-10-20(16)24(23)28)25-14-31-19-5-3-2-4-6-19/h2-13,25,28-30H,14H2,1H3. The zero-order chi connectivity index (χ0) is 26.0. The Bertz CT molecular complexity index is 1380. The Kier molecular flexibility index (Phi) is 9.53. The number of hydrogen-bond acceptors (Lipinski definition) is 13. The number of fused-ring (bicyclic) bond motifs is 1. The summed E-state index contributed by atoms with van der Waals surface area (Å²) in [5.41, 5.74) is 2.17. The molecule has 0 aliphatic rings. The molecule has 11 nitrogen and oxygen atoms in total. The van der Waals surface area contributed by atoms with Crippen LogP contribution in [0.1, 0.15) is 5.56 Å². The van der Waals surface area contributed by atoms with Crippen LogP contribution in [0.3, 0.4) is 0 Å². The maximum absolute atomic E-state index is 11.0. The fourth-order valence-electron chi connectivity index (χ4n) is 3.29. The average molecular weight is 544 g/mol. The van der Waals surface area contributed by atoms with Gasteiger partial charge in [-0.1, -0.05) is 34.3 Å². The lowest BCUT2D eigenvalue weighted by molar-refractivity contribution is -0.432. The van der Waals surface area contributed by atoms with Crippen LogP contribution in [-0.2, 0) is 18.7 Å². The summed E-state index contributed by atoms with van der Waals surface area (Å²) in [4.78, 5) is 0.968. The van der Waals surface area contributed by atoms with E-state index in [0.717, 1.165) is 29.0 Å². The van der Waals surface area contributed by atoms with Gasteiger partial charge in [0.2, 0.25) is 0 Å². The molecule has 13 heteroatoms. The van der Waals surface area contributed by atoms with E-state index in [4.69, 9.17) is 15.3 Å². The molecular weight excluding hydrogens is 522 g/mol. The number of para-hydroxylation sites is 1. The second-order valence-electron chi connectivity index (χ2n) is 7.39. The summed E-state index contributed by atoms with van der Waals surface area (Å²) in [6.07, 6.45) is 0. The predicted molar refractivity (Wildman–Crippen MR) is 138 cm³/mol.